The van der Waals surface area contributed by atoms with Crippen molar-refractivity contribution in [1.29, 1.82) is 0 Å². The Labute approximate surface area is 202 Å². The van der Waals surface area contributed by atoms with Crippen LogP contribution in [-0.2, 0) is 20.8 Å². The molecule has 0 unspecified atom stereocenters. The van der Waals surface area contributed by atoms with Crippen molar-refractivity contribution >= 4 is 36.7 Å². The molecule has 2 aliphatic heterocycles. The third-order valence-corrected chi connectivity index (χ3v) is 6.15. The molecule has 3 rings (SSSR count). The quantitative estimate of drug-likeness (QED) is 0.295. The summed E-state index contributed by atoms with van der Waals surface area (Å²) < 4.78 is 5.40. The van der Waals surface area contributed by atoms with Crippen molar-refractivity contribution in [3.8, 4) is 5.75 Å². The summed E-state index contributed by atoms with van der Waals surface area (Å²) in [5, 5.41) is 32.7. The van der Waals surface area contributed by atoms with Crippen LogP contribution in [0.25, 0.3) is 0 Å². The Bertz CT molecular complexity index is 1060. The molecule has 2 heterocycles. The summed E-state index contributed by atoms with van der Waals surface area (Å²) >= 11 is 0. The van der Waals surface area contributed by atoms with Gasteiger partial charge in [0, 0.05) is 31.9 Å². The van der Waals surface area contributed by atoms with E-state index in [9.17, 15) is 39.2 Å². The lowest BCUT2D eigenvalue weighted by Gasteiger charge is -2.35. The molecule has 4 N–H and O–H groups in total. The minimum absolute atomic E-state index is 0.0259. The van der Waals surface area contributed by atoms with Crippen LogP contribution in [0.2, 0.25) is 5.82 Å². The molecule has 0 aliphatic carbocycles. The van der Waals surface area contributed by atoms with Gasteiger partial charge in [0.05, 0.1) is 11.2 Å². The molecule has 0 saturated carbocycles. The third kappa shape index (κ3) is 5.46. The molecular weight excluding hydrogens is 461 g/mol. The number of urea groups is 1. The van der Waals surface area contributed by atoms with Gasteiger partial charge in [0.15, 0.2) is 5.78 Å². The number of rotatable bonds is 7. The number of carboxylic acids is 1. The Morgan fingerprint density at radius 3 is 2.51 bits per heavy atom. The van der Waals surface area contributed by atoms with E-state index in [0.717, 1.165) is 0 Å². The third-order valence-electron chi connectivity index (χ3n) is 6.15. The zero-order chi connectivity index (χ0) is 26.1. The highest BCUT2D eigenvalue weighted by atomic mass is 16.5. The number of piperazine rings is 1. The number of likely N-dealkylation sites (N-methyl/N-ethyl adjacent to an activating group) is 1. The van der Waals surface area contributed by atoms with E-state index in [0.29, 0.717) is 17.0 Å². The molecule has 0 spiro atoms. The van der Waals surface area contributed by atoms with Crippen molar-refractivity contribution < 1.29 is 43.9 Å². The van der Waals surface area contributed by atoms with E-state index in [2.05, 4.69) is 5.32 Å². The molecule has 188 valence electrons. The van der Waals surface area contributed by atoms with E-state index in [1.54, 1.807) is 13.0 Å². The fourth-order valence-corrected chi connectivity index (χ4v) is 4.23. The first-order chi connectivity index (χ1) is 16.3. The van der Waals surface area contributed by atoms with Crippen molar-refractivity contribution in [2.45, 2.75) is 51.1 Å². The van der Waals surface area contributed by atoms with Gasteiger partial charge >= 0.3 is 30.9 Å². The number of aliphatic hydroxyl groups is 1. The number of hydrogen-bond acceptors (Lipinski definition) is 8. The van der Waals surface area contributed by atoms with Crippen LogP contribution >= 0.6 is 0 Å². The average Bonchev–Trinajstić information content (AvgIpc) is 2.78. The van der Waals surface area contributed by atoms with Crippen molar-refractivity contribution in [2.24, 2.45) is 0 Å². The van der Waals surface area contributed by atoms with E-state index >= 15 is 0 Å². The van der Waals surface area contributed by atoms with Gasteiger partial charge in [-0.3, -0.25) is 19.3 Å². The number of Topliss-reactive ketones (excluding diaryl/α,β-unsaturated/α-hetero) is 1. The molecule has 1 aromatic carbocycles. The highest BCUT2D eigenvalue weighted by Crippen LogP contribution is 2.36. The van der Waals surface area contributed by atoms with Crippen LogP contribution in [0.3, 0.4) is 0 Å². The number of imide groups is 1. The van der Waals surface area contributed by atoms with Crippen LogP contribution in [0, 0.1) is 0 Å². The number of hydrogen-bond donors (Lipinski definition) is 4. The second-order valence-electron chi connectivity index (χ2n) is 9.12. The van der Waals surface area contributed by atoms with Crippen LogP contribution in [0.1, 0.15) is 43.1 Å². The molecule has 1 saturated heterocycles. The van der Waals surface area contributed by atoms with Gasteiger partial charge in [-0.25, -0.2) is 9.59 Å². The number of amides is 4. The van der Waals surface area contributed by atoms with Crippen molar-refractivity contribution in [1.82, 2.24) is 15.1 Å². The summed E-state index contributed by atoms with van der Waals surface area (Å²) in [7, 11) is -1.49. The standard InChI is InChI=1S/C22H28BN3O9/c1-4-25-8-9-26(19(29)18(25)28)21(32)24-17(22(2,3)33)15(27)11-13-10-12-6-5-7-14(20(30)31)16(12)35-23(13)34/h5-7,13,17,33-34H,4,8-11H2,1-3H3,(H,24,32)(H,30,31)/t13-,17+/m1/s1. The van der Waals surface area contributed by atoms with Gasteiger partial charge in [-0.1, -0.05) is 12.1 Å². The molecule has 35 heavy (non-hydrogen) atoms. The molecule has 0 bridgehead atoms. The molecule has 1 fully saturated rings. The molecular formula is C22H28BN3O9. The topological polar surface area (TPSA) is 174 Å². The summed E-state index contributed by atoms with van der Waals surface area (Å²) in [6.07, 6.45) is -0.189. The Morgan fingerprint density at radius 2 is 1.91 bits per heavy atom. The first-order valence-electron chi connectivity index (χ1n) is 11.2. The van der Waals surface area contributed by atoms with Crippen LogP contribution < -0.4 is 9.97 Å². The van der Waals surface area contributed by atoms with Gasteiger partial charge < -0.3 is 30.1 Å². The van der Waals surface area contributed by atoms with Gasteiger partial charge in [0.1, 0.15) is 11.8 Å². The van der Waals surface area contributed by atoms with Gasteiger partial charge in [-0.2, -0.15) is 0 Å². The number of ketones is 1. The largest absolute Gasteiger partial charge is 0.535 e. The van der Waals surface area contributed by atoms with E-state index in [4.69, 9.17) is 4.65 Å². The lowest BCUT2D eigenvalue weighted by molar-refractivity contribution is -0.153. The van der Waals surface area contributed by atoms with Crippen molar-refractivity contribution in [3.63, 3.8) is 0 Å². The summed E-state index contributed by atoms with van der Waals surface area (Å²) in [5.74, 6) is -4.47. The lowest BCUT2D eigenvalue weighted by atomic mass is 9.63. The summed E-state index contributed by atoms with van der Waals surface area (Å²) in [6.45, 7) is 4.72. The Hall–Kier alpha value is -3.45. The van der Waals surface area contributed by atoms with E-state index in [-0.39, 0.29) is 37.2 Å². The summed E-state index contributed by atoms with van der Waals surface area (Å²) in [6, 6.07) is 2.04. The number of carboxylic acid groups (broad SMARTS) is 1. The number of fused-ring (bicyclic) bond motifs is 1. The number of benzene rings is 1. The van der Waals surface area contributed by atoms with Gasteiger partial charge in [0.25, 0.3) is 0 Å². The second-order valence-corrected chi connectivity index (χ2v) is 9.12. The van der Waals surface area contributed by atoms with Gasteiger partial charge in [-0.05, 0) is 38.8 Å². The monoisotopic (exact) mass is 489 g/mol. The minimum atomic E-state index is -1.74. The molecule has 1 aromatic rings. The van der Waals surface area contributed by atoms with Crippen LogP contribution in [0.4, 0.5) is 4.79 Å². The first kappa shape index (κ1) is 26.2. The van der Waals surface area contributed by atoms with Crippen molar-refractivity contribution in [3.05, 3.63) is 29.3 Å². The number of nitrogens with zero attached hydrogens (tertiary/aromatic N) is 2. The maximum atomic E-state index is 13.1. The molecule has 0 aromatic heterocycles. The number of carbonyl (C=O) groups excluding carboxylic acids is 4. The molecule has 13 heteroatoms. The number of carbonyl (C=O) groups is 5. The lowest BCUT2D eigenvalue weighted by Crippen LogP contribution is -2.62. The predicted molar refractivity (Wildman–Crippen MR) is 122 cm³/mol. The zero-order valence-electron chi connectivity index (χ0n) is 19.7. The second kappa shape index (κ2) is 10.0. The van der Waals surface area contributed by atoms with Crippen LogP contribution in [0.5, 0.6) is 5.75 Å². The number of para-hydroxylation sites is 1. The van der Waals surface area contributed by atoms with Gasteiger partial charge in [-0.15, -0.1) is 0 Å². The minimum Gasteiger partial charge on any atom is -0.535 e. The van der Waals surface area contributed by atoms with Crippen LogP contribution in [0.15, 0.2) is 18.2 Å². The average molecular weight is 489 g/mol. The predicted octanol–water partition coefficient (Wildman–Crippen LogP) is -0.331. The van der Waals surface area contributed by atoms with E-state index in [1.165, 1.54) is 30.9 Å². The molecule has 0 radical (unpaired) electrons. The normalized spacial score (nSPS) is 19.1. The van der Waals surface area contributed by atoms with Gasteiger partial charge in [0.2, 0.25) is 0 Å². The SMILES string of the molecule is CCN1CCN(C(=O)N[C@@H](C(=O)C[C@H]2Cc3cccc(C(=O)O)c3OB2O)C(C)(C)O)C(=O)C1=O. The first-order valence-corrected chi connectivity index (χ1v) is 11.2. The Kier molecular flexibility index (Phi) is 7.51. The van der Waals surface area contributed by atoms with Crippen LogP contribution in [-0.4, -0.2) is 93.0 Å². The number of aromatic carboxylic acids is 1. The van der Waals surface area contributed by atoms with E-state index < -0.39 is 54.2 Å². The molecule has 2 atom stereocenters. The molecule has 12 nitrogen and oxygen atoms in total. The fraction of sp³-hybridized carbons (Fsp3) is 0.500. The summed E-state index contributed by atoms with van der Waals surface area (Å²) in [4.78, 5) is 63.7. The molecule has 4 amide bonds. The Balaban J connectivity index is 1.74. The highest BCUT2D eigenvalue weighted by molar-refractivity contribution is 6.47. The zero-order valence-corrected chi connectivity index (χ0v) is 19.7. The Morgan fingerprint density at radius 1 is 1.23 bits per heavy atom. The van der Waals surface area contributed by atoms with Crippen molar-refractivity contribution in [2.75, 3.05) is 19.6 Å². The fourth-order valence-electron chi connectivity index (χ4n) is 4.23. The smallest absolute Gasteiger partial charge is 0.526 e. The highest BCUT2D eigenvalue weighted by Gasteiger charge is 2.43. The maximum Gasteiger partial charge on any atom is 0.526 e. The number of nitrogens with one attached hydrogen (secondary N) is 1. The summed E-state index contributed by atoms with van der Waals surface area (Å²) in [5.41, 5.74) is -1.36. The maximum absolute atomic E-state index is 13.1. The van der Waals surface area contributed by atoms with E-state index in [1.807, 2.05) is 0 Å². The molecule has 2 aliphatic rings.